The summed E-state index contributed by atoms with van der Waals surface area (Å²) in [6, 6.07) is 4.04. The molecule has 0 N–H and O–H groups in total. The molecule has 2 rings (SSSR count). The number of carbonyl (C=O) groups is 2. The molecule has 1 aliphatic heterocycles. The van der Waals surface area contributed by atoms with E-state index in [-0.39, 0.29) is 22.4 Å². The van der Waals surface area contributed by atoms with E-state index in [0.717, 1.165) is 0 Å². The number of anilines is 1. The number of alkyl halides is 1. The van der Waals surface area contributed by atoms with Crippen LogP contribution in [0.25, 0.3) is 5.57 Å². The average Bonchev–Trinajstić information content (AvgIpc) is 2.64. The SMILES string of the molecule is COC(=O)C(CBr)=C1C(=O)N(C)c2ccc(F)cc21. The molecular formula is C13H11BrFNO3. The molecule has 19 heavy (non-hydrogen) atoms. The minimum absolute atomic E-state index is 0.157. The van der Waals surface area contributed by atoms with Crippen LogP contribution in [0.1, 0.15) is 5.56 Å². The maximum atomic E-state index is 13.4. The number of methoxy groups -OCH3 is 1. The van der Waals surface area contributed by atoms with Gasteiger partial charge < -0.3 is 9.64 Å². The van der Waals surface area contributed by atoms with Crippen LogP contribution in [0, 0.1) is 5.82 Å². The van der Waals surface area contributed by atoms with Crippen molar-refractivity contribution >= 4 is 39.1 Å². The first-order chi connectivity index (χ1) is 9.01. The van der Waals surface area contributed by atoms with E-state index in [0.29, 0.717) is 11.3 Å². The van der Waals surface area contributed by atoms with Crippen molar-refractivity contribution in [2.45, 2.75) is 0 Å². The van der Waals surface area contributed by atoms with Crippen LogP contribution in [0.3, 0.4) is 0 Å². The van der Waals surface area contributed by atoms with Gasteiger partial charge in [0.1, 0.15) is 5.82 Å². The first kappa shape index (κ1) is 13.7. The van der Waals surface area contributed by atoms with Crippen molar-refractivity contribution in [3.05, 3.63) is 35.2 Å². The molecule has 1 amide bonds. The zero-order valence-electron chi connectivity index (χ0n) is 10.4. The third-order valence-corrected chi connectivity index (χ3v) is 3.54. The van der Waals surface area contributed by atoms with Crippen molar-refractivity contribution in [3.8, 4) is 0 Å². The third kappa shape index (κ3) is 2.16. The van der Waals surface area contributed by atoms with Crippen molar-refractivity contribution in [2.75, 3.05) is 24.4 Å². The van der Waals surface area contributed by atoms with Gasteiger partial charge >= 0.3 is 5.97 Å². The highest BCUT2D eigenvalue weighted by Crippen LogP contribution is 2.38. The number of ether oxygens (including phenoxy) is 1. The Morgan fingerprint density at radius 3 is 2.74 bits per heavy atom. The summed E-state index contributed by atoms with van der Waals surface area (Å²) in [5.74, 6) is -1.41. The molecule has 4 nitrogen and oxygen atoms in total. The zero-order chi connectivity index (χ0) is 14.2. The van der Waals surface area contributed by atoms with Gasteiger partial charge in [0.2, 0.25) is 0 Å². The first-order valence-corrected chi connectivity index (χ1v) is 6.58. The highest BCUT2D eigenvalue weighted by molar-refractivity contribution is 9.09. The quantitative estimate of drug-likeness (QED) is 0.475. The van der Waals surface area contributed by atoms with Gasteiger partial charge in [-0.1, -0.05) is 15.9 Å². The predicted octanol–water partition coefficient (Wildman–Crippen LogP) is 2.12. The number of fused-ring (bicyclic) bond motifs is 1. The van der Waals surface area contributed by atoms with Gasteiger partial charge in [-0.25, -0.2) is 9.18 Å². The summed E-state index contributed by atoms with van der Waals surface area (Å²) in [6.07, 6.45) is 0. The number of hydrogen-bond acceptors (Lipinski definition) is 3. The number of benzene rings is 1. The Labute approximate surface area is 118 Å². The van der Waals surface area contributed by atoms with Gasteiger partial charge in [-0.15, -0.1) is 0 Å². The summed E-state index contributed by atoms with van der Waals surface area (Å²) >= 11 is 3.16. The number of carbonyl (C=O) groups excluding carboxylic acids is 2. The Bertz CT molecular complexity index is 598. The molecule has 0 saturated carbocycles. The van der Waals surface area contributed by atoms with Crippen molar-refractivity contribution in [1.82, 2.24) is 0 Å². The fraction of sp³-hybridized carbons (Fsp3) is 0.231. The molecule has 100 valence electrons. The highest BCUT2D eigenvalue weighted by Gasteiger charge is 2.34. The van der Waals surface area contributed by atoms with Crippen LogP contribution in [0.4, 0.5) is 10.1 Å². The van der Waals surface area contributed by atoms with E-state index >= 15 is 0 Å². The van der Waals surface area contributed by atoms with Crippen LogP contribution in [0.15, 0.2) is 23.8 Å². The Hall–Kier alpha value is -1.69. The smallest absolute Gasteiger partial charge is 0.335 e. The molecule has 0 bridgehead atoms. The van der Waals surface area contributed by atoms with E-state index < -0.39 is 11.8 Å². The van der Waals surface area contributed by atoms with Gasteiger partial charge in [0.25, 0.3) is 5.91 Å². The van der Waals surface area contributed by atoms with Crippen LogP contribution in [-0.4, -0.2) is 31.4 Å². The second-order valence-corrected chi connectivity index (χ2v) is 4.57. The number of halogens is 2. The molecule has 1 aromatic rings. The fourth-order valence-electron chi connectivity index (χ4n) is 2.03. The van der Waals surface area contributed by atoms with E-state index in [4.69, 9.17) is 0 Å². The van der Waals surface area contributed by atoms with Crippen LogP contribution in [0.2, 0.25) is 0 Å². The Kier molecular flexibility index (Phi) is 3.71. The Morgan fingerprint density at radius 1 is 1.47 bits per heavy atom. The minimum atomic E-state index is -0.606. The third-order valence-electron chi connectivity index (χ3n) is 2.97. The maximum Gasteiger partial charge on any atom is 0.335 e. The van der Waals surface area contributed by atoms with Gasteiger partial charge in [0, 0.05) is 17.9 Å². The van der Waals surface area contributed by atoms with Crippen molar-refractivity contribution in [1.29, 1.82) is 0 Å². The van der Waals surface area contributed by atoms with Gasteiger partial charge in [0.05, 0.1) is 23.9 Å². The van der Waals surface area contributed by atoms with Crippen molar-refractivity contribution in [3.63, 3.8) is 0 Å². The molecule has 0 aliphatic carbocycles. The lowest BCUT2D eigenvalue weighted by molar-refractivity contribution is -0.136. The van der Waals surface area contributed by atoms with Gasteiger partial charge in [-0.2, -0.15) is 0 Å². The minimum Gasteiger partial charge on any atom is -0.466 e. The van der Waals surface area contributed by atoms with Gasteiger partial charge in [-0.3, -0.25) is 4.79 Å². The predicted molar refractivity (Wildman–Crippen MR) is 72.5 cm³/mol. The second-order valence-electron chi connectivity index (χ2n) is 4.00. The summed E-state index contributed by atoms with van der Waals surface area (Å²) in [6.45, 7) is 0. The normalized spacial score (nSPS) is 16.4. The molecular weight excluding hydrogens is 317 g/mol. The molecule has 0 spiro atoms. The number of hydrogen-bond donors (Lipinski definition) is 0. The molecule has 1 aliphatic rings. The molecule has 0 radical (unpaired) electrons. The number of nitrogens with zero attached hydrogens (tertiary/aromatic N) is 1. The zero-order valence-corrected chi connectivity index (χ0v) is 12.0. The molecule has 0 saturated heterocycles. The summed E-state index contributed by atoms with van der Waals surface area (Å²) in [5, 5.41) is 0.157. The maximum absolute atomic E-state index is 13.4. The van der Waals surface area contributed by atoms with Crippen molar-refractivity contribution < 1.29 is 18.7 Å². The van der Waals surface area contributed by atoms with Crippen molar-refractivity contribution in [2.24, 2.45) is 0 Å². The van der Waals surface area contributed by atoms with Crippen LogP contribution >= 0.6 is 15.9 Å². The van der Waals surface area contributed by atoms with E-state index in [1.807, 2.05) is 0 Å². The number of rotatable bonds is 2. The monoisotopic (exact) mass is 327 g/mol. The fourth-order valence-corrected chi connectivity index (χ4v) is 2.54. The molecule has 1 heterocycles. The lowest BCUT2D eigenvalue weighted by atomic mass is 10.0. The average molecular weight is 328 g/mol. The molecule has 0 unspecified atom stereocenters. The van der Waals surface area contributed by atoms with Gasteiger partial charge in [-0.05, 0) is 18.2 Å². The lowest BCUT2D eigenvalue weighted by Crippen LogP contribution is -2.22. The largest absolute Gasteiger partial charge is 0.466 e. The summed E-state index contributed by atoms with van der Waals surface area (Å²) < 4.78 is 18.0. The van der Waals surface area contributed by atoms with E-state index in [1.54, 1.807) is 7.05 Å². The van der Waals surface area contributed by atoms with Gasteiger partial charge in [0.15, 0.2) is 0 Å². The Balaban J connectivity index is 2.72. The summed E-state index contributed by atoms with van der Waals surface area (Å²) in [5.41, 5.74) is 1.35. The first-order valence-electron chi connectivity index (χ1n) is 5.46. The van der Waals surface area contributed by atoms with Crippen LogP contribution in [0.5, 0.6) is 0 Å². The second kappa shape index (κ2) is 5.13. The van der Waals surface area contributed by atoms with Crippen LogP contribution < -0.4 is 4.90 Å². The summed E-state index contributed by atoms with van der Waals surface area (Å²) in [7, 11) is 2.82. The molecule has 0 aromatic heterocycles. The molecule has 1 aromatic carbocycles. The molecule has 6 heteroatoms. The standard InChI is InChI=1S/C13H11BrFNO3/c1-16-10-4-3-7(15)5-8(10)11(12(16)17)9(6-14)13(18)19-2/h3-5H,6H2,1-2H3. The molecule has 0 atom stereocenters. The summed E-state index contributed by atoms with van der Waals surface area (Å²) in [4.78, 5) is 25.3. The lowest BCUT2D eigenvalue weighted by Gasteiger charge is -2.08. The Morgan fingerprint density at radius 2 is 2.16 bits per heavy atom. The van der Waals surface area contributed by atoms with E-state index in [9.17, 15) is 14.0 Å². The number of esters is 1. The molecule has 0 fully saturated rings. The van der Waals surface area contributed by atoms with Crippen LogP contribution in [-0.2, 0) is 14.3 Å². The number of amides is 1. The van der Waals surface area contributed by atoms with E-state index in [1.165, 1.54) is 30.2 Å². The highest BCUT2D eigenvalue weighted by atomic mass is 79.9. The van der Waals surface area contributed by atoms with E-state index in [2.05, 4.69) is 20.7 Å². The topological polar surface area (TPSA) is 46.6 Å². The number of likely N-dealkylation sites (N-methyl/N-ethyl adjacent to an activating group) is 1.